The van der Waals surface area contributed by atoms with Crippen molar-refractivity contribution >= 4 is 0 Å². The Labute approximate surface area is 92.7 Å². The van der Waals surface area contributed by atoms with Gasteiger partial charge in [-0.25, -0.2) is 0 Å². The molecule has 4 heteroatoms. The quantitative estimate of drug-likeness (QED) is 0.836. The molecule has 0 heterocycles. The van der Waals surface area contributed by atoms with Crippen molar-refractivity contribution in [2.24, 2.45) is 5.92 Å². The summed E-state index contributed by atoms with van der Waals surface area (Å²) in [5.41, 5.74) is 0.886. The summed E-state index contributed by atoms with van der Waals surface area (Å²) in [5, 5.41) is 2.61. The average Bonchev–Trinajstić information content (AvgIpc) is 3.02. The minimum absolute atomic E-state index is 0.219. The highest BCUT2D eigenvalue weighted by Crippen LogP contribution is 2.40. The Morgan fingerprint density at radius 1 is 1.19 bits per heavy atom. The van der Waals surface area contributed by atoms with Crippen LogP contribution >= 0.6 is 0 Å². The van der Waals surface area contributed by atoms with Crippen molar-refractivity contribution in [1.29, 1.82) is 0 Å². The van der Waals surface area contributed by atoms with Crippen LogP contribution in [0.25, 0.3) is 0 Å². The standard InChI is InChI=1S/C12H14F3N/c13-12(14,15)11(10-6-7-10)16-8-9-4-2-1-3-5-9/h1-5,10-11,16H,6-8H2/t11-/m0/s1. The van der Waals surface area contributed by atoms with E-state index in [4.69, 9.17) is 0 Å². The molecule has 1 aliphatic rings. The van der Waals surface area contributed by atoms with Crippen molar-refractivity contribution in [3.8, 4) is 0 Å². The molecule has 16 heavy (non-hydrogen) atoms. The minimum atomic E-state index is -4.13. The normalized spacial score (nSPS) is 18.4. The fourth-order valence-electron chi connectivity index (χ4n) is 1.80. The molecule has 0 unspecified atom stereocenters. The van der Waals surface area contributed by atoms with E-state index in [0.29, 0.717) is 12.8 Å². The first kappa shape index (κ1) is 11.5. The molecule has 1 fully saturated rings. The summed E-state index contributed by atoms with van der Waals surface area (Å²) in [5.74, 6) is -0.219. The molecule has 88 valence electrons. The number of nitrogens with one attached hydrogen (secondary N) is 1. The topological polar surface area (TPSA) is 12.0 Å². The predicted molar refractivity (Wildman–Crippen MR) is 55.8 cm³/mol. The van der Waals surface area contributed by atoms with E-state index in [1.807, 2.05) is 30.3 Å². The Hall–Kier alpha value is -1.03. The van der Waals surface area contributed by atoms with Gasteiger partial charge in [0.05, 0.1) is 0 Å². The number of benzene rings is 1. The van der Waals surface area contributed by atoms with Crippen LogP contribution in [0.2, 0.25) is 0 Å². The summed E-state index contributed by atoms with van der Waals surface area (Å²) >= 11 is 0. The smallest absolute Gasteiger partial charge is 0.302 e. The van der Waals surface area contributed by atoms with Crippen molar-refractivity contribution in [3.05, 3.63) is 35.9 Å². The molecule has 1 aromatic rings. The molecule has 0 amide bonds. The molecule has 0 radical (unpaired) electrons. The van der Waals surface area contributed by atoms with Gasteiger partial charge in [0.15, 0.2) is 0 Å². The summed E-state index contributed by atoms with van der Waals surface area (Å²) in [6.07, 6.45) is -2.76. The van der Waals surface area contributed by atoms with Gasteiger partial charge in [0.1, 0.15) is 6.04 Å². The zero-order valence-electron chi connectivity index (χ0n) is 8.80. The van der Waals surface area contributed by atoms with Crippen LogP contribution in [0.5, 0.6) is 0 Å². The fourth-order valence-corrected chi connectivity index (χ4v) is 1.80. The van der Waals surface area contributed by atoms with Gasteiger partial charge in [-0.2, -0.15) is 13.2 Å². The second-order valence-corrected chi connectivity index (χ2v) is 4.22. The van der Waals surface area contributed by atoms with Gasteiger partial charge in [-0.3, -0.25) is 0 Å². The number of rotatable bonds is 4. The molecule has 0 spiro atoms. The summed E-state index contributed by atoms with van der Waals surface area (Å²) in [7, 11) is 0. The second-order valence-electron chi connectivity index (χ2n) is 4.22. The third kappa shape index (κ3) is 2.98. The van der Waals surface area contributed by atoms with E-state index in [-0.39, 0.29) is 12.5 Å². The van der Waals surface area contributed by atoms with Gasteiger partial charge >= 0.3 is 6.18 Å². The van der Waals surface area contributed by atoms with Crippen molar-refractivity contribution in [3.63, 3.8) is 0 Å². The molecule has 2 rings (SSSR count). The van der Waals surface area contributed by atoms with E-state index in [2.05, 4.69) is 5.32 Å². The van der Waals surface area contributed by atoms with Crippen LogP contribution in [0.3, 0.4) is 0 Å². The van der Waals surface area contributed by atoms with Gasteiger partial charge in [0, 0.05) is 6.54 Å². The maximum atomic E-state index is 12.7. The Balaban J connectivity index is 1.92. The second kappa shape index (κ2) is 4.45. The Kier molecular flexibility index (Phi) is 3.19. The highest BCUT2D eigenvalue weighted by atomic mass is 19.4. The Morgan fingerprint density at radius 2 is 1.81 bits per heavy atom. The molecule has 1 aliphatic carbocycles. The van der Waals surface area contributed by atoms with Gasteiger partial charge in [-0.15, -0.1) is 0 Å². The van der Waals surface area contributed by atoms with Gasteiger partial charge in [0.25, 0.3) is 0 Å². The van der Waals surface area contributed by atoms with E-state index < -0.39 is 12.2 Å². The maximum Gasteiger partial charge on any atom is 0.404 e. The fraction of sp³-hybridized carbons (Fsp3) is 0.500. The number of halogens is 3. The molecule has 0 aliphatic heterocycles. The average molecular weight is 229 g/mol. The molecule has 1 nitrogen and oxygen atoms in total. The van der Waals surface area contributed by atoms with E-state index >= 15 is 0 Å². The van der Waals surface area contributed by atoms with Crippen LogP contribution in [0.15, 0.2) is 30.3 Å². The molecule has 0 saturated heterocycles. The Bertz CT molecular complexity index is 330. The molecule has 1 N–H and O–H groups in total. The first-order valence-electron chi connectivity index (χ1n) is 5.41. The minimum Gasteiger partial charge on any atom is -0.302 e. The summed E-state index contributed by atoms with van der Waals surface area (Å²) in [6, 6.07) is 7.83. The molecule has 1 aromatic carbocycles. The van der Waals surface area contributed by atoms with E-state index in [1.165, 1.54) is 0 Å². The van der Waals surface area contributed by atoms with Crippen LogP contribution in [-0.2, 0) is 6.54 Å². The van der Waals surface area contributed by atoms with Gasteiger partial charge < -0.3 is 5.32 Å². The summed E-state index contributed by atoms with van der Waals surface area (Å²) < 4.78 is 38.0. The lowest BCUT2D eigenvalue weighted by atomic mass is 10.1. The summed E-state index contributed by atoms with van der Waals surface area (Å²) in [4.78, 5) is 0. The predicted octanol–water partition coefficient (Wildman–Crippen LogP) is 3.12. The van der Waals surface area contributed by atoms with Gasteiger partial charge in [-0.05, 0) is 24.3 Å². The molecular weight excluding hydrogens is 215 g/mol. The molecular formula is C12H14F3N. The van der Waals surface area contributed by atoms with Crippen molar-refractivity contribution < 1.29 is 13.2 Å². The highest BCUT2D eigenvalue weighted by molar-refractivity contribution is 5.14. The summed E-state index contributed by atoms with van der Waals surface area (Å²) in [6.45, 7) is 0.279. The number of hydrogen-bond donors (Lipinski definition) is 1. The van der Waals surface area contributed by atoms with Crippen molar-refractivity contribution in [2.75, 3.05) is 0 Å². The highest BCUT2D eigenvalue weighted by Gasteiger charge is 2.48. The van der Waals surface area contributed by atoms with Crippen LogP contribution < -0.4 is 5.32 Å². The molecule has 0 aromatic heterocycles. The van der Waals surface area contributed by atoms with Crippen molar-refractivity contribution in [1.82, 2.24) is 5.32 Å². The van der Waals surface area contributed by atoms with Crippen LogP contribution in [0.1, 0.15) is 18.4 Å². The first-order chi connectivity index (χ1) is 7.57. The molecule has 0 bridgehead atoms. The lowest BCUT2D eigenvalue weighted by Gasteiger charge is -2.21. The van der Waals surface area contributed by atoms with Crippen LogP contribution in [-0.4, -0.2) is 12.2 Å². The van der Waals surface area contributed by atoms with Crippen LogP contribution in [0.4, 0.5) is 13.2 Å². The monoisotopic (exact) mass is 229 g/mol. The largest absolute Gasteiger partial charge is 0.404 e. The number of hydrogen-bond acceptors (Lipinski definition) is 1. The van der Waals surface area contributed by atoms with Gasteiger partial charge in [-0.1, -0.05) is 30.3 Å². The van der Waals surface area contributed by atoms with Crippen molar-refractivity contribution in [2.45, 2.75) is 31.6 Å². The van der Waals surface area contributed by atoms with E-state index in [1.54, 1.807) is 0 Å². The Morgan fingerprint density at radius 3 is 2.31 bits per heavy atom. The van der Waals surface area contributed by atoms with Crippen LogP contribution in [0, 0.1) is 5.92 Å². The molecule has 1 saturated carbocycles. The SMILES string of the molecule is FC(F)(F)[C@@H](NCc1ccccc1)C1CC1. The first-order valence-corrected chi connectivity index (χ1v) is 5.41. The lowest BCUT2D eigenvalue weighted by Crippen LogP contribution is -2.43. The zero-order valence-corrected chi connectivity index (χ0v) is 8.80. The molecule has 1 atom stereocenters. The zero-order chi connectivity index (χ0) is 11.6. The lowest BCUT2D eigenvalue weighted by molar-refractivity contribution is -0.161. The maximum absolute atomic E-state index is 12.7. The third-order valence-electron chi connectivity index (χ3n) is 2.81. The van der Waals surface area contributed by atoms with Gasteiger partial charge in [0.2, 0.25) is 0 Å². The third-order valence-corrected chi connectivity index (χ3v) is 2.81. The van der Waals surface area contributed by atoms with E-state index in [0.717, 1.165) is 5.56 Å². The van der Waals surface area contributed by atoms with E-state index in [9.17, 15) is 13.2 Å². The number of alkyl halides is 3.